The van der Waals surface area contributed by atoms with Crippen molar-refractivity contribution in [2.45, 2.75) is 17.1 Å². The van der Waals surface area contributed by atoms with E-state index in [9.17, 15) is 13.6 Å². The fourth-order valence-electron chi connectivity index (χ4n) is 1.66. The zero-order valence-electron chi connectivity index (χ0n) is 11.3. The fraction of sp³-hybridized carbons (Fsp3) is 0.133. The van der Waals surface area contributed by atoms with E-state index in [0.717, 1.165) is 0 Å². The van der Waals surface area contributed by atoms with Crippen LogP contribution in [0.3, 0.4) is 0 Å². The molecule has 0 aliphatic carbocycles. The van der Waals surface area contributed by atoms with E-state index in [2.05, 4.69) is 5.32 Å². The number of carbonyl (C=O) groups excluding carboxylic acids is 1. The summed E-state index contributed by atoms with van der Waals surface area (Å²) < 4.78 is 26.1. The summed E-state index contributed by atoms with van der Waals surface area (Å²) in [5, 5.41) is 2.21. The average molecular weight is 308 g/mol. The van der Waals surface area contributed by atoms with Gasteiger partial charge in [-0.25, -0.2) is 8.78 Å². The predicted molar refractivity (Wildman–Crippen MR) is 81.2 cm³/mol. The molecule has 0 saturated carbocycles. The van der Waals surface area contributed by atoms with Crippen LogP contribution >= 0.6 is 11.8 Å². The van der Waals surface area contributed by atoms with Crippen LogP contribution in [-0.4, -0.2) is 11.2 Å². The highest BCUT2D eigenvalue weighted by Crippen LogP contribution is 2.25. The van der Waals surface area contributed by atoms with Crippen LogP contribution in [0.25, 0.3) is 0 Å². The molecule has 2 rings (SSSR count). The minimum absolute atomic E-state index is 0.0294. The number of hydrogen-bond acceptors (Lipinski definition) is 3. The molecule has 3 nitrogen and oxygen atoms in total. The number of anilines is 2. The Bertz CT molecular complexity index is 664. The number of nitrogens with one attached hydrogen (secondary N) is 1. The molecule has 0 spiro atoms. The number of nitrogen functional groups attached to an aromatic ring is 1. The SMILES string of the molecule is CC(Sc1cccc(F)c1)C(=O)Nc1ccc(F)c(N)c1. The van der Waals surface area contributed by atoms with Crippen molar-refractivity contribution in [1.29, 1.82) is 0 Å². The zero-order valence-corrected chi connectivity index (χ0v) is 12.1. The summed E-state index contributed by atoms with van der Waals surface area (Å²) in [4.78, 5) is 12.7. The van der Waals surface area contributed by atoms with Gasteiger partial charge in [0.15, 0.2) is 0 Å². The summed E-state index contributed by atoms with van der Waals surface area (Å²) in [6, 6.07) is 10.0. The van der Waals surface area contributed by atoms with Gasteiger partial charge in [-0.15, -0.1) is 11.8 Å². The van der Waals surface area contributed by atoms with Crippen molar-refractivity contribution < 1.29 is 13.6 Å². The van der Waals surface area contributed by atoms with Gasteiger partial charge in [0.05, 0.1) is 10.9 Å². The summed E-state index contributed by atoms with van der Waals surface area (Å²) in [5.41, 5.74) is 5.83. The van der Waals surface area contributed by atoms with Crippen molar-refractivity contribution in [1.82, 2.24) is 0 Å². The van der Waals surface area contributed by atoms with E-state index in [1.807, 2.05) is 0 Å². The van der Waals surface area contributed by atoms with Crippen LogP contribution in [0.5, 0.6) is 0 Å². The monoisotopic (exact) mass is 308 g/mol. The molecule has 0 heterocycles. The second-order valence-electron chi connectivity index (χ2n) is 4.44. The molecule has 1 atom stereocenters. The average Bonchev–Trinajstić information content (AvgIpc) is 2.43. The van der Waals surface area contributed by atoms with Gasteiger partial charge in [-0.3, -0.25) is 4.79 Å². The predicted octanol–water partition coefficient (Wildman–Crippen LogP) is 3.67. The fourth-order valence-corrected chi connectivity index (χ4v) is 2.58. The van der Waals surface area contributed by atoms with Crippen molar-refractivity contribution in [2.24, 2.45) is 0 Å². The lowest BCUT2D eigenvalue weighted by Crippen LogP contribution is -2.22. The van der Waals surface area contributed by atoms with E-state index in [-0.39, 0.29) is 17.4 Å². The molecule has 0 fully saturated rings. The number of halogens is 2. The molecule has 21 heavy (non-hydrogen) atoms. The molecule has 3 N–H and O–H groups in total. The van der Waals surface area contributed by atoms with E-state index >= 15 is 0 Å². The Balaban J connectivity index is 2.00. The first kappa shape index (κ1) is 15.3. The summed E-state index contributed by atoms with van der Waals surface area (Å²) in [6.45, 7) is 1.71. The molecule has 0 bridgehead atoms. The molecule has 2 aromatic carbocycles. The minimum Gasteiger partial charge on any atom is -0.396 e. The second-order valence-corrected chi connectivity index (χ2v) is 5.86. The van der Waals surface area contributed by atoms with Crippen LogP contribution in [0.15, 0.2) is 47.4 Å². The molecule has 0 aliphatic rings. The second kappa shape index (κ2) is 6.58. The summed E-state index contributed by atoms with van der Waals surface area (Å²) in [7, 11) is 0. The minimum atomic E-state index is -0.532. The highest BCUT2D eigenvalue weighted by molar-refractivity contribution is 8.00. The van der Waals surface area contributed by atoms with E-state index in [1.54, 1.807) is 19.1 Å². The van der Waals surface area contributed by atoms with E-state index in [4.69, 9.17) is 5.73 Å². The number of amides is 1. The number of nitrogens with two attached hydrogens (primary N) is 1. The highest BCUT2D eigenvalue weighted by atomic mass is 32.2. The lowest BCUT2D eigenvalue weighted by molar-refractivity contribution is -0.115. The van der Waals surface area contributed by atoms with Crippen molar-refractivity contribution in [3.63, 3.8) is 0 Å². The molecule has 1 amide bonds. The third kappa shape index (κ3) is 4.19. The van der Waals surface area contributed by atoms with Gasteiger partial charge in [0, 0.05) is 10.6 Å². The van der Waals surface area contributed by atoms with E-state index in [1.165, 1.54) is 42.1 Å². The van der Waals surface area contributed by atoms with Gasteiger partial charge in [-0.1, -0.05) is 6.07 Å². The Morgan fingerprint density at radius 3 is 2.67 bits per heavy atom. The highest BCUT2D eigenvalue weighted by Gasteiger charge is 2.15. The van der Waals surface area contributed by atoms with Crippen LogP contribution in [0, 0.1) is 11.6 Å². The first-order valence-corrected chi connectivity index (χ1v) is 7.12. The van der Waals surface area contributed by atoms with Crippen LogP contribution in [0.4, 0.5) is 20.2 Å². The lowest BCUT2D eigenvalue weighted by atomic mass is 10.2. The summed E-state index contributed by atoms with van der Waals surface area (Å²) in [5.74, 6) is -1.15. The van der Waals surface area contributed by atoms with Gasteiger partial charge in [0.1, 0.15) is 11.6 Å². The van der Waals surface area contributed by atoms with Gasteiger partial charge >= 0.3 is 0 Å². The topological polar surface area (TPSA) is 55.1 Å². The number of rotatable bonds is 4. The van der Waals surface area contributed by atoms with Crippen LogP contribution in [0.1, 0.15) is 6.92 Å². The van der Waals surface area contributed by atoms with Crippen LogP contribution < -0.4 is 11.1 Å². The molecule has 1 unspecified atom stereocenters. The maximum Gasteiger partial charge on any atom is 0.237 e. The van der Waals surface area contributed by atoms with E-state index < -0.39 is 11.1 Å². The molecule has 110 valence electrons. The van der Waals surface area contributed by atoms with Gasteiger partial charge in [0.25, 0.3) is 0 Å². The third-order valence-electron chi connectivity index (χ3n) is 2.74. The van der Waals surface area contributed by atoms with Crippen molar-refractivity contribution in [3.05, 3.63) is 54.1 Å². The Labute approximate surface area is 125 Å². The summed E-state index contributed by atoms with van der Waals surface area (Å²) >= 11 is 1.24. The molecule has 0 saturated heterocycles. The molecular weight excluding hydrogens is 294 g/mol. The molecule has 0 aromatic heterocycles. The van der Waals surface area contributed by atoms with Crippen molar-refractivity contribution in [2.75, 3.05) is 11.1 Å². The maximum atomic E-state index is 13.1. The Morgan fingerprint density at radius 1 is 1.24 bits per heavy atom. The molecular formula is C15H14F2N2OS. The smallest absolute Gasteiger partial charge is 0.237 e. The zero-order chi connectivity index (χ0) is 15.4. The maximum absolute atomic E-state index is 13.1. The third-order valence-corrected chi connectivity index (χ3v) is 3.84. The number of benzene rings is 2. The van der Waals surface area contributed by atoms with Crippen molar-refractivity contribution in [3.8, 4) is 0 Å². The number of thioether (sulfide) groups is 1. The largest absolute Gasteiger partial charge is 0.396 e. The van der Waals surface area contributed by atoms with E-state index in [0.29, 0.717) is 10.6 Å². The Kier molecular flexibility index (Phi) is 4.80. The van der Waals surface area contributed by atoms with Gasteiger partial charge < -0.3 is 11.1 Å². The first-order valence-electron chi connectivity index (χ1n) is 6.24. The van der Waals surface area contributed by atoms with Crippen LogP contribution in [0.2, 0.25) is 0 Å². The summed E-state index contributed by atoms with van der Waals surface area (Å²) in [6.07, 6.45) is 0. The molecule has 2 aromatic rings. The molecule has 0 aliphatic heterocycles. The number of carbonyl (C=O) groups is 1. The van der Waals surface area contributed by atoms with Gasteiger partial charge in [-0.05, 0) is 43.3 Å². The molecule has 0 radical (unpaired) electrons. The van der Waals surface area contributed by atoms with Crippen LogP contribution in [-0.2, 0) is 4.79 Å². The normalized spacial score (nSPS) is 12.0. The van der Waals surface area contributed by atoms with Gasteiger partial charge in [0.2, 0.25) is 5.91 Å². The Hall–Kier alpha value is -2.08. The van der Waals surface area contributed by atoms with Gasteiger partial charge in [-0.2, -0.15) is 0 Å². The molecule has 6 heteroatoms. The quantitative estimate of drug-likeness (QED) is 0.669. The van der Waals surface area contributed by atoms with Crippen molar-refractivity contribution >= 4 is 29.0 Å². The Morgan fingerprint density at radius 2 is 2.00 bits per heavy atom. The standard InChI is InChI=1S/C15H14F2N2OS/c1-9(21-12-4-2-3-10(16)7-12)15(20)19-11-5-6-13(17)14(18)8-11/h2-9H,18H2,1H3,(H,19,20). The number of hydrogen-bond donors (Lipinski definition) is 2. The first-order chi connectivity index (χ1) is 9.95. The lowest BCUT2D eigenvalue weighted by Gasteiger charge is -2.12.